The minimum atomic E-state index is -4.38. The number of aromatic nitrogens is 1. The molecule has 1 aliphatic rings. The van der Waals surface area contributed by atoms with E-state index < -0.39 is 11.7 Å². The van der Waals surface area contributed by atoms with Gasteiger partial charge in [0.1, 0.15) is 0 Å². The number of allylic oxidation sites excluding steroid dienone is 2. The summed E-state index contributed by atoms with van der Waals surface area (Å²) in [5, 5.41) is 0.526. The fraction of sp³-hybridized carbons (Fsp3) is 0.353. The molecular formula is C17H16F3N. The van der Waals surface area contributed by atoms with E-state index in [1.165, 1.54) is 6.07 Å². The number of nitrogens with zero attached hydrogens (tertiary/aromatic N) is 1. The third kappa shape index (κ3) is 2.80. The highest BCUT2D eigenvalue weighted by Crippen LogP contribution is 2.39. The molecule has 1 heterocycles. The van der Waals surface area contributed by atoms with E-state index in [1.807, 2.05) is 13.0 Å². The van der Waals surface area contributed by atoms with Gasteiger partial charge in [0.05, 0.1) is 16.8 Å². The van der Waals surface area contributed by atoms with Gasteiger partial charge in [-0.2, -0.15) is 13.2 Å². The van der Waals surface area contributed by atoms with Gasteiger partial charge in [0, 0.05) is 5.39 Å². The van der Waals surface area contributed by atoms with Crippen LogP contribution in [0.4, 0.5) is 13.2 Å². The first-order valence-electron chi connectivity index (χ1n) is 7.13. The number of hydrogen-bond acceptors (Lipinski definition) is 1. The molecule has 0 radical (unpaired) electrons. The van der Waals surface area contributed by atoms with Crippen LogP contribution in [0.3, 0.4) is 0 Å². The highest BCUT2D eigenvalue weighted by molar-refractivity contribution is 5.83. The average molecular weight is 291 g/mol. The zero-order valence-electron chi connectivity index (χ0n) is 11.7. The van der Waals surface area contributed by atoms with Crippen molar-refractivity contribution in [1.82, 2.24) is 4.98 Å². The highest BCUT2D eigenvalue weighted by Gasteiger charge is 2.35. The molecule has 3 rings (SSSR count). The van der Waals surface area contributed by atoms with Gasteiger partial charge >= 0.3 is 6.18 Å². The van der Waals surface area contributed by atoms with Crippen molar-refractivity contribution in [1.29, 1.82) is 0 Å². The topological polar surface area (TPSA) is 12.9 Å². The zero-order valence-corrected chi connectivity index (χ0v) is 11.7. The Morgan fingerprint density at radius 2 is 1.95 bits per heavy atom. The lowest BCUT2D eigenvalue weighted by molar-refractivity contribution is -0.137. The van der Waals surface area contributed by atoms with Gasteiger partial charge in [-0.25, -0.2) is 4.98 Å². The molecular weight excluding hydrogens is 275 g/mol. The second-order valence-corrected chi connectivity index (χ2v) is 5.64. The van der Waals surface area contributed by atoms with Crippen molar-refractivity contribution in [2.24, 2.45) is 5.92 Å². The molecule has 0 N–H and O–H groups in total. The van der Waals surface area contributed by atoms with Crippen LogP contribution < -0.4 is 0 Å². The van der Waals surface area contributed by atoms with Gasteiger partial charge in [0.2, 0.25) is 0 Å². The Morgan fingerprint density at radius 3 is 2.67 bits per heavy atom. The van der Waals surface area contributed by atoms with Crippen LogP contribution in [0, 0.1) is 5.92 Å². The molecule has 110 valence electrons. The molecule has 0 spiro atoms. The number of fused-ring (bicyclic) bond motifs is 1. The van der Waals surface area contributed by atoms with Crippen molar-refractivity contribution in [2.45, 2.75) is 32.4 Å². The Balaban J connectivity index is 2.24. The fourth-order valence-electron chi connectivity index (χ4n) is 2.90. The second kappa shape index (κ2) is 5.17. The van der Waals surface area contributed by atoms with Gasteiger partial charge in [-0.1, -0.05) is 31.2 Å². The normalized spacial score (nSPS) is 19.6. The van der Waals surface area contributed by atoms with Crippen molar-refractivity contribution in [3.05, 3.63) is 47.7 Å². The Kier molecular flexibility index (Phi) is 3.47. The standard InChI is InChI=1S/C17H16F3N/c1-11-5-4-7-13(9-11)16-14(17(18,19)20)10-12-6-2-3-8-15(12)21-16/h2-3,6,8-11H,4-5,7H2,1H3. The monoisotopic (exact) mass is 291 g/mol. The van der Waals surface area contributed by atoms with Crippen LogP contribution in [0.2, 0.25) is 0 Å². The Labute approximate surface area is 121 Å². The van der Waals surface area contributed by atoms with Crippen LogP contribution in [0.5, 0.6) is 0 Å². The summed E-state index contributed by atoms with van der Waals surface area (Å²) in [6.45, 7) is 2.04. The van der Waals surface area contributed by atoms with Crippen molar-refractivity contribution >= 4 is 16.5 Å². The summed E-state index contributed by atoms with van der Waals surface area (Å²) in [6, 6.07) is 8.17. The minimum Gasteiger partial charge on any atom is -0.248 e. The SMILES string of the molecule is CC1C=C(c2nc3ccccc3cc2C(F)(F)F)CCC1. The van der Waals surface area contributed by atoms with Crippen LogP contribution in [0.15, 0.2) is 36.4 Å². The third-order valence-corrected chi connectivity index (χ3v) is 3.92. The predicted molar refractivity (Wildman–Crippen MR) is 77.7 cm³/mol. The quantitative estimate of drug-likeness (QED) is 0.680. The number of halogens is 3. The van der Waals surface area contributed by atoms with Crippen molar-refractivity contribution in [3.8, 4) is 0 Å². The van der Waals surface area contributed by atoms with E-state index in [-0.39, 0.29) is 5.69 Å². The van der Waals surface area contributed by atoms with E-state index >= 15 is 0 Å². The average Bonchev–Trinajstić information content (AvgIpc) is 2.45. The summed E-state index contributed by atoms with van der Waals surface area (Å²) in [5.74, 6) is 0.308. The fourth-order valence-corrected chi connectivity index (χ4v) is 2.90. The molecule has 0 saturated heterocycles. The van der Waals surface area contributed by atoms with Crippen LogP contribution in [0.25, 0.3) is 16.5 Å². The van der Waals surface area contributed by atoms with Gasteiger partial charge in [-0.15, -0.1) is 0 Å². The van der Waals surface area contributed by atoms with E-state index in [4.69, 9.17) is 0 Å². The van der Waals surface area contributed by atoms with E-state index in [2.05, 4.69) is 4.98 Å². The van der Waals surface area contributed by atoms with Gasteiger partial charge < -0.3 is 0 Å². The molecule has 21 heavy (non-hydrogen) atoms. The predicted octanol–water partition coefficient (Wildman–Crippen LogP) is 5.46. The van der Waals surface area contributed by atoms with Crippen LogP contribution in [0.1, 0.15) is 37.4 Å². The minimum absolute atomic E-state index is 0.104. The smallest absolute Gasteiger partial charge is 0.248 e. The first-order chi connectivity index (χ1) is 9.95. The summed E-state index contributed by atoms with van der Waals surface area (Å²) in [6.07, 6.45) is 0.166. The zero-order chi connectivity index (χ0) is 15.0. The summed E-state index contributed by atoms with van der Waals surface area (Å²) < 4.78 is 40.1. The number of benzene rings is 1. The Bertz CT molecular complexity index is 701. The van der Waals surface area contributed by atoms with Gasteiger partial charge in [0.15, 0.2) is 0 Å². The number of rotatable bonds is 1. The lowest BCUT2D eigenvalue weighted by Gasteiger charge is -2.21. The first kappa shape index (κ1) is 14.1. The van der Waals surface area contributed by atoms with Gasteiger partial charge in [0.25, 0.3) is 0 Å². The van der Waals surface area contributed by atoms with Crippen molar-refractivity contribution < 1.29 is 13.2 Å². The van der Waals surface area contributed by atoms with E-state index in [9.17, 15) is 13.2 Å². The van der Waals surface area contributed by atoms with Crippen LogP contribution in [-0.4, -0.2) is 4.98 Å². The molecule has 0 amide bonds. The molecule has 4 heteroatoms. The third-order valence-electron chi connectivity index (χ3n) is 3.92. The van der Waals surface area contributed by atoms with Crippen molar-refractivity contribution in [2.75, 3.05) is 0 Å². The van der Waals surface area contributed by atoms with Crippen LogP contribution >= 0.6 is 0 Å². The maximum Gasteiger partial charge on any atom is 0.418 e. The molecule has 0 fully saturated rings. The lowest BCUT2D eigenvalue weighted by Crippen LogP contribution is -2.12. The first-order valence-corrected chi connectivity index (χ1v) is 7.13. The molecule has 0 bridgehead atoms. The maximum atomic E-state index is 13.4. The Morgan fingerprint density at radius 1 is 1.19 bits per heavy atom. The van der Waals surface area contributed by atoms with Crippen molar-refractivity contribution in [3.63, 3.8) is 0 Å². The molecule has 1 aromatic carbocycles. The van der Waals surface area contributed by atoms with Gasteiger partial charge in [-0.05, 0) is 42.9 Å². The molecule has 1 aliphatic carbocycles. The summed E-state index contributed by atoms with van der Waals surface area (Å²) in [7, 11) is 0. The maximum absolute atomic E-state index is 13.4. The highest BCUT2D eigenvalue weighted by atomic mass is 19.4. The molecule has 2 aromatic rings. The summed E-state index contributed by atoms with van der Waals surface area (Å²) in [5.41, 5.74) is 0.820. The number of para-hydroxylation sites is 1. The van der Waals surface area contributed by atoms with E-state index in [0.29, 0.717) is 23.2 Å². The van der Waals surface area contributed by atoms with E-state index in [0.717, 1.165) is 18.4 Å². The lowest BCUT2D eigenvalue weighted by atomic mass is 9.88. The number of pyridine rings is 1. The van der Waals surface area contributed by atoms with Gasteiger partial charge in [-0.3, -0.25) is 0 Å². The molecule has 0 saturated carbocycles. The molecule has 1 atom stereocenters. The molecule has 0 aliphatic heterocycles. The number of alkyl halides is 3. The number of hydrogen-bond donors (Lipinski definition) is 0. The summed E-state index contributed by atoms with van der Waals surface area (Å²) in [4.78, 5) is 4.31. The molecule has 1 unspecified atom stereocenters. The molecule has 1 aromatic heterocycles. The second-order valence-electron chi connectivity index (χ2n) is 5.64. The largest absolute Gasteiger partial charge is 0.418 e. The van der Waals surface area contributed by atoms with Crippen LogP contribution in [-0.2, 0) is 6.18 Å². The van der Waals surface area contributed by atoms with E-state index in [1.54, 1.807) is 24.3 Å². The Hall–Kier alpha value is -1.84. The summed E-state index contributed by atoms with van der Waals surface area (Å²) >= 11 is 0. The molecule has 1 nitrogen and oxygen atoms in total.